The van der Waals surface area contributed by atoms with Gasteiger partial charge in [-0.25, -0.2) is 9.59 Å². The first kappa shape index (κ1) is 17.8. The van der Waals surface area contributed by atoms with E-state index in [1.54, 1.807) is 44.2 Å². The zero-order valence-corrected chi connectivity index (χ0v) is 15.5. The summed E-state index contributed by atoms with van der Waals surface area (Å²) in [4.78, 5) is 25.0. The Hall–Kier alpha value is -3.60. The van der Waals surface area contributed by atoms with Gasteiger partial charge in [0.05, 0.1) is 12.2 Å². The predicted octanol–water partition coefficient (Wildman–Crippen LogP) is 5.29. The van der Waals surface area contributed by atoms with Crippen LogP contribution in [0.5, 0.6) is 5.75 Å². The molecule has 4 aromatic rings. The molecule has 0 saturated carbocycles. The maximum Gasteiger partial charge on any atom is 0.343 e. The van der Waals surface area contributed by atoms with Gasteiger partial charge in [0.1, 0.15) is 22.7 Å². The van der Waals surface area contributed by atoms with Gasteiger partial charge in [0.25, 0.3) is 0 Å². The molecule has 0 radical (unpaired) electrons. The monoisotopic (exact) mass is 374 g/mol. The van der Waals surface area contributed by atoms with E-state index in [-0.39, 0.29) is 6.61 Å². The van der Waals surface area contributed by atoms with Crippen molar-refractivity contribution in [3.63, 3.8) is 0 Å². The maximum atomic E-state index is 12.6. The maximum absolute atomic E-state index is 12.6. The topological polar surface area (TPSA) is 65.7 Å². The third kappa shape index (κ3) is 3.01. The molecule has 28 heavy (non-hydrogen) atoms. The van der Waals surface area contributed by atoms with Gasteiger partial charge >= 0.3 is 11.9 Å². The van der Waals surface area contributed by atoms with Crippen molar-refractivity contribution in [2.24, 2.45) is 0 Å². The minimum Gasteiger partial charge on any atom is -0.462 e. The summed E-state index contributed by atoms with van der Waals surface area (Å²) in [5, 5.41) is 2.04. The Morgan fingerprint density at radius 3 is 2.29 bits per heavy atom. The first-order valence-electron chi connectivity index (χ1n) is 8.99. The quantitative estimate of drug-likeness (QED) is 0.359. The van der Waals surface area contributed by atoms with E-state index < -0.39 is 11.9 Å². The van der Waals surface area contributed by atoms with Gasteiger partial charge in [0.2, 0.25) is 0 Å². The first-order chi connectivity index (χ1) is 13.6. The van der Waals surface area contributed by atoms with Crippen LogP contribution in [0.3, 0.4) is 0 Å². The largest absolute Gasteiger partial charge is 0.462 e. The van der Waals surface area contributed by atoms with Gasteiger partial charge in [-0.2, -0.15) is 0 Å². The highest BCUT2D eigenvalue weighted by atomic mass is 16.5. The summed E-state index contributed by atoms with van der Waals surface area (Å²) < 4.78 is 16.7. The van der Waals surface area contributed by atoms with Crippen LogP contribution in [-0.4, -0.2) is 18.5 Å². The van der Waals surface area contributed by atoms with Crippen LogP contribution in [0, 0.1) is 6.92 Å². The lowest BCUT2D eigenvalue weighted by Crippen LogP contribution is -2.09. The van der Waals surface area contributed by atoms with Gasteiger partial charge in [-0.3, -0.25) is 0 Å². The molecule has 5 nitrogen and oxygen atoms in total. The number of carbonyl (C=O) groups excluding carboxylic acids is 2. The van der Waals surface area contributed by atoms with Crippen molar-refractivity contribution in [1.29, 1.82) is 0 Å². The Bertz CT molecular complexity index is 1190. The molecule has 0 aliphatic rings. The third-order valence-corrected chi connectivity index (χ3v) is 4.53. The molecule has 0 aliphatic carbocycles. The molecule has 0 unspecified atom stereocenters. The Kier molecular flexibility index (Phi) is 4.57. The summed E-state index contributed by atoms with van der Waals surface area (Å²) in [5.41, 5.74) is 1.36. The van der Waals surface area contributed by atoms with Crippen LogP contribution in [0.25, 0.3) is 21.7 Å². The van der Waals surface area contributed by atoms with Crippen LogP contribution >= 0.6 is 0 Å². The molecule has 0 N–H and O–H groups in total. The Morgan fingerprint density at radius 2 is 1.57 bits per heavy atom. The molecular formula is C23H18O5. The summed E-state index contributed by atoms with van der Waals surface area (Å²) in [6.45, 7) is 3.73. The minimum absolute atomic E-state index is 0.258. The second kappa shape index (κ2) is 7.19. The minimum atomic E-state index is -0.469. The van der Waals surface area contributed by atoms with Gasteiger partial charge in [-0.15, -0.1) is 0 Å². The van der Waals surface area contributed by atoms with E-state index in [0.29, 0.717) is 33.6 Å². The number of rotatable bonds is 4. The van der Waals surface area contributed by atoms with Crippen molar-refractivity contribution in [3.05, 3.63) is 77.6 Å². The number of carbonyl (C=O) groups is 2. The van der Waals surface area contributed by atoms with Crippen LogP contribution in [0.15, 0.2) is 65.1 Å². The lowest BCUT2D eigenvalue weighted by atomic mass is 10.0. The number of hydrogen-bond acceptors (Lipinski definition) is 5. The zero-order chi connectivity index (χ0) is 19.7. The molecule has 4 rings (SSSR count). The van der Waals surface area contributed by atoms with E-state index in [1.165, 1.54) is 0 Å². The molecule has 0 bridgehead atoms. The van der Waals surface area contributed by atoms with E-state index in [2.05, 4.69) is 0 Å². The van der Waals surface area contributed by atoms with Crippen molar-refractivity contribution in [1.82, 2.24) is 0 Å². The van der Waals surface area contributed by atoms with Gasteiger partial charge in [0.15, 0.2) is 0 Å². The van der Waals surface area contributed by atoms with Crippen LogP contribution in [-0.2, 0) is 4.74 Å². The molecule has 3 aromatic carbocycles. The average Bonchev–Trinajstić information content (AvgIpc) is 3.05. The lowest BCUT2D eigenvalue weighted by Gasteiger charge is -2.09. The van der Waals surface area contributed by atoms with Crippen molar-refractivity contribution in [2.45, 2.75) is 13.8 Å². The van der Waals surface area contributed by atoms with Gasteiger partial charge in [0, 0.05) is 16.2 Å². The SMILES string of the molecule is CCOC(=O)c1c(C)oc2c1cc(OC(=O)c1ccccc1)c1ccccc12. The Balaban J connectivity index is 1.91. The molecule has 0 fully saturated rings. The zero-order valence-electron chi connectivity index (χ0n) is 15.5. The van der Waals surface area contributed by atoms with E-state index >= 15 is 0 Å². The number of ether oxygens (including phenoxy) is 2. The summed E-state index contributed by atoms with van der Waals surface area (Å²) in [5.74, 6) is -0.106. The van der Waals surface area contributed by atoms with E-state index in [0.717, 1.165) is 10.8 Å². The molecule has 0 atom stereocenters. The molecule has 0 aliphatic heterocycles. The standard InChI is InChI=1S/C23H18O5/c1-3-26-23(25)20-14(2)27-21-17-12-8-7-11-16(17)19(13-18(20)21)28-22(24)15-9-5-4-6-10-15/h4-13H,3H2,1-2H3. The molecular weight excluding hydrogens is 356 g/mol. The normalized spacial score (nSPS) is 10.9. The fraction of sp³-hybridized carbons (Fsp3) is 0.130. The predicted molar refractivity (Wildman–Crippen MR) is 106 cm³/mol. The van der Waals surface area contributed by atoms with Crippen LogP contribution in [0.1, 0.15) is 33.4 Å². The van der Waals surface area contributed by atoms with Gasteiger partial charge in [-0.05, 0) is 32.0 Å². The molecule has 5 heteroatoms. The summed E-state index contributed by atoms with van der Waals surface area (Å²) in [6, 6.07) is 17.9. The molecule has 0 spiro atoms. The number of aryl methyl sites for hydroxylation is 1. The highest BCUT2D eigenvalue weighted by molar-refractivity contribution is 6.15. The van der Waals surface area contributed by atoms with Crippen LogP contribution in [0.2, 0.25) is 0 Å². The smallest absolute Gasteiger partial charge is 0.343 e. The van der Waals surface area contributed by atoms with Crippen LogP contribution < -0.4 is 4.74 Å². The van der Waals surface area contributed by atoms with Crippen molar-refractivity contribution in [2.75, 3.05) is 6.61 Å². The Labute approximate surface area is 161 Å². The van der Waals surface area contributed by atoms with Gasteiger partial charge < -0.3 is 13.9 Å². The number of esters is 2. The second-order valence-corrected chi connectivity index (χ2v) is 6.31. The summed E-state index contributed by atoms with van der Waals surface area (Å²) in [7, 11) is 0. The fourth-order valence-corrected chi connectivity index (χ4v) is 3.28. The molecule has 0 amide bonds. The van der Waals surface area contributed by atoms with Crippen molar-refractivity contribution >= 4 is 33.7 Å². The average molecular weight is 374 g/mol. The summed E-state index contributed by atoms with van der Waals surface area (Å²) >= 11 is 0. The van der Waals surface area contributed by atoms with E-state index in [1.807, 2.05) is 30.3 Å². The van der Waals surface area contributed by atoms with E-state index in [4.69, 9.17) is 13.9 Å². The number of hydrogen-bond donors (Lipinski definition) is 0. The fourth-order valence-electron chi connectivity index (χ4n) is 3.28. The van der Waals surface area contributed by atoms with Crippen molar-refractivity contribution < 1.29 is 23.5 Å². The molecule has 1 heterocycles. The first-order valence-corrected chi connectivity index (χ1v) is 8.99. The number of benzene rings is 3. The highest BCUT2D eigenvalue weighted by Gasteiger charge is 2.23. The summed E-state index contributed by atoms with van der Waals surface area (Å²) in [6.07, 6.45) is 0. The Morgan fingerprint density at radius 1 is 0.893 bits per heavy atom. The molecule has 1 aromatic heterocycles. The second-order valence-electron chi connectivity index (χ2n) is 6.31. The lowest BCUT2D eigenvalue weighted by molar-refractivity contribution is 0.0526. The van der Waals surface area contributed by atoms with E-state index in [9.17, 15) is 9.59 Å². The van der Waals surface area contributed by atoms with Crippen molar-refractivity contribution in [3.8, 4) is 5.75 Å². The molecule has 0 saturated heterocycles. The third-order valence-electron chi connectivity index (χ3n) is 4.53. The van der Waals surface area contributed by atoms with Crippen LogP contribution in [0.4, 0.5) is 0 Å². The highest BCUT2D eigenvalue weighted by Crippen LogP contribution is 2.38. The number of fused-ring (bicyclic) bond motifs is 3. The number of furan rings is 1. The van der Waals surface area contributed by atoms with Gasteiger partial charge in [-0.1, -0.05) is 42.5 Å². The molecule has 140 valence electrons.